The van der Waals surface area contributed by atoms with Crippen LogP contribution in [0, 0.1) is 10.1 Å². The van der Waals surface area contributed by atoms with Gasteiger partial charge in [0.2, 0.25) is 11.7 Å². The van der Waals surface area contributed by atoms with Gasteiger partial charge in [-0.05, 0) is 6.07 Å². The summed E-state index contributed by atoms with van der Waals surface area (Å²) < 4.78 is 0. The number of amides is 1. The second-order valence-corrected chi connectivity index (χ2v) is 4.07. The van der Waals surface area contributed by atoms with Crippen molar-refractivity contribution in [2.24, 2.45) is 4.99 Å². The number of carbonyl (C=O) groups excluding carboxylic acids is 1. The number of nitrogens with zero attached hydrogens (tertiary/aromatic N) is 2. The van der Waals surface area contributed by atoms with Gasteiger partial charge in [-0.2, -0.15) is 0 Å². The second-order valence-electron chi connectivity index (χ2n) is 3.64. The molecule has 0 saturated carbocycles. The third kappa shape index (κ3) is 4.55. The van der Waals surface area contributed by atoms with E-state index in [9.17, 15) is 20.0 Å². The number of hydrogen-bond acceptors (Lipinski definition) is 5. The van der Waals surface area contributed by atoms with Gasteiger partial charge < -0.3 is 10.4 Å². The maximum absolute atomic E-state index is 10.7. The Bertz CT molecular complexity index is 531. The van der Waals surface area contributed by atoms with Gasteiger partial charge in [0.25, 0.3) is 0 Å². The number of rotatable bonds is 5. The van der Waals surface area contributed by atoms with E-state index in [1.54, 1.807) is 0 Å². The van der Waals surface area contributed by atoms with Crippen LogP contribution in [0.15, 0.2) is 17.1 Å². The van der Waals surface area contributed by atoms with Crippen LogP contribution in [0.4, 0.5) is 5.69 Å². The Kier molecular flexibility index (Phi) is 5.25. The van der Waals surface area contributed by atoms with Crippen molar-refractivity contribution in [3.8, 4) is 5.75 Å². The van der Waals surface area contributed by atoms with Gasteiger partial charge in [-0.25, -0.2) is 0 Å². The quantitative estimate of drug-likeness (QED) is 0.370. The molecule has 0 radical (unpaired) electrons. The number of phenols is 1. The molecule has 19 heavy (non-hydrogen) atoms. The molecule has 0 bridgehead atoms. The molecule has 0 spiro atoms. The second kappa shape index (κ2) is 6.69. The summed E-state index contributed by atoms with van der Waals surface area (Å²) in [5.74, 6) is -0.658. The summed E-state index contributed by atoms with van der Waals surface area (Å²) in [6.07, 6.45) is 1.27. The molecule has 0 heterocycles. The summed E-state index contributed by atoms with van der Waals surface area (Å²) in [6.45, 7) is 2.02. The van der Waals surface area contributed by atoms with Gasteiger partial charge in [-0.15, -0.1) is 0 Å². The number of halogens is 1. The van der Waals surface area contributed by atoms with Crippen LogP contribution in [-0.4, -0.2) is 35.2 Å². The van der Waals surface area contributed by atoms with E-state index in [0.717, 1.165) is 6.07 Å². The van der Waals surface area contributed by atoms with Crippen LogP contribution in [0.5, 0.6) is 5.75 Å². The summed E-state index contributed by atoms with van der Waals surface area (Å²) >= 11 is 5.71. The highest BCUT2D eigenvalue weighted by Gasteiger charge is 2.17. The van der Waals surface area contributed by atoms with Crippen molar-refractivity contribution in [1.29, 1.82) is 0 Å². The van der Waals surface area contributed by atoms with Crippen LogP contribution in [0.3, 0.4) is 0 Å². The maximum Gasteiger partial charge on any atom is 0.312 e. The third-order valence-corrected chi connectivity index (χ3v) is 2.34. The topological polar surface area (TPSA) is 105 Å². The van der Waals surface area contributed by atoms with Crippen molar-refractivity contribution in [3.05, 3.63) is 32.8 Å². The standard InChI is InChI=1S/C11H12ClN3O4/c1-7(16)14-3-2-13-6-8-4-9(12)5-10(11(8)17)15(18)19/h4-6,17H,2-3H2,1H3,(H,14,16). The number of nitrogens with one attached hydrogen (secondary N) is 1. The van der Waals surface area contributed by atoms with Crippen molar-refractivity contribution >= 4 is 29.4 Å². The van der Waals surface area contributed by atoms with Gasteiger partial charge in [0.1, 0.15) is 0 Å². The molecule has 2 N–H and O–H groups in total. The predicted octanol–water partition coefficient (Wildman–Crippen LogP) is 1.51. The van der Waals surface area contributed by atoms with Gasteiger partial charge in [-0.3, -0.25) is 19.9 Å². The Hall–Kier alpha value is -2.15. The van der Waals surface area contributed by atoms with Gasteiger partial charge in [0.05, 0.1) is 11.5 Å². The molecule has 0 aliphatic heterocycles. The summed E-state index contributed by atoms with van der Waals surface area (Å²) in [5.41, 5.74) is -0.321. The highest BCUT2D eigenvalue weighted by atomic mass is 35.5. The molecule has 1 aromatic rings. The fraction of sp³-hybridized carbons (Fsp3) is 0.273. The van der Waals surface area contributed by atoms with Crippen molar-refractivity contribution in [1.82, 2.24) is 5.32 Å². The highest BCUT2D eigenvalue weighted by Crippen LogP contribution is 2.32. The van der Waals surface area contributed by atoms with Crippen LogP contribution in [0.1, 0.15) is 12.5 Å². The first kappa shape index (κ1) is 14.9. The molecule has 1 amide bonds. The first-order chi connectivity index (χ1) is 8.91. The lowest BCUT2D eigenvalue weighted by Gasteiger charge is -2.01. The summed E-state index contributed by atoms with van der Waals surface area (Å²) in [5, 5.41) is 23.0. The SMILES string of the molecule is CC(=O)NCCN=Cc1cc(Cl)cc([N+](=O)[O-])c1O. The Labute approximate surface area is 114 Å². The van der Waals surface area contributed by atoms with E-state index >= 15 is 0 Å². The molecular weight excluding hydrogens is 274 g/mol. The van der Waals surface area contributed by atoms with Crippen LogP contribution in [0.25, 0.3) is 0 Å². The molecule has 0 saturated heterocycles. The van der Waals surface area contributed by atoms with E-state index in [1.165, 1.54) is 19.2 Å². The Morgan fingerprint density at radius 1 is 1.63 bits per heavy atom. The average molecular weight is 286 g/mol. The molecule has 1 rings (SSSR count). The highest BCUT2D eigenvalue weighted by molar-refractivity contribution is 6.31. The molecule has 7 nitrogen and oxygen atoms in total. The molecule has 0 unspecified atom stereocenters. The lowest BCUT2D eigenvalue weighted by molar-refractivity contribution is -0.385. The Morgan fingerprint density at radius 2 is 2.32 bits per heavy atom. The largest absolute Gasteiger partial charge is 0.502 e. The third-order valence-electron chi connectivity index (χ3n) is 2.13. The van der Waals surface area contributed by atoms with Crippen LogP contribution in [0.2, 0.25) is 5.02 Å². The Balaban J connectivity index is 2.80. The first-order valence-corrected chi connectivity index (χ1v) is 5.70. The van der Waals surface area contributed by atoms with Crippen molar-refractivity contribution in [2.45, 2.75) is 6.92 Å². The summed E-state index contributed by atoms with van der Waals surface area (Å²) in [4.78, 5) is 24.5. The minimum absolute atomic E-state index is 0.132. The minimum Gasteiger partial charge on any atom is -0.502 e. The minimum atomic E-state index is -0.726. The number of aromatic hydroxyl groups is 1. The number of nitro benzene ring substituents is 1. The molecule has 0 aliphatic rings. The number of phenolic OH excluding ortho intramolecular Hbond substituents is 1. The molecular formula is C11H12ClN3O4. The van der Waals surface area contributed by atoms with Crippen LogP contribution >= 0.6 is 11.6 Å². The van der Waals surface area contributed by atoms with Crippen molar-refractivity contribution < 1.29 is 14.8 Å². The molecule has 1 aromatic carbocycles. The summed E-state index contributed by atoms with van der Waals surface area (Å²) in [7, 11) is 0. The number of nitro groups is 1. The monoisotopic (exact) mass is 285 g/mol. The smallest absolute Gasteiger partial charge is 0.312 e. The molecule has 0 aromatic heterocycles. The van der Waals surface area contributed by atoms with Crippen molar-refractivity contribution in [2.75, 3.05) is 13.1 Å². The van der Waals surface area contributed by atoms with E-state index in [2.05, 4.69) is 10.3 Å². The first-order valence-electron chi connectivity index (χ1n) is 5.33. The number of hydrogen-bond donors (Lipinski definition) is 2. The van der Waals surface area contributed by atoms with Crippen LogP contribution < -0.4 is 5.32 Å². The fourth-order valence-electron chi connectivity index (χ4n) is 1.30. The van der Waals surface area contributed by atoms with Crippen molar-refractivity contribution in [3.63, 3.8) is 0 Å². The van der Waals surface area contributed by atoms with Gasteiger partial charge in [0, 0.05) is 36.3 Å². The average Bonchev–Trinajstić information content (AvgIpc) is 2.31. The van der Waals surface area contributed by atoms with E-state index in [1.807, 2.05) is 0 Å². The van der Waals surface area contributed by atoms with E-state index in [4.69, 9.17) is 11.6 Å². The number of benzene rings is 1. The fourth-order valence-corrected chi connectivity index (χ4v) is 1.52. The molecule has 8 heteroatoms. The zero-order chi connectivity index (χ0) is 14.4. The number of aliphatic imine (C=N–C) groups is 1. The maximum atomic E-state index is 10.7. The van der Waals surface area contributed by atoms with E-state index in [-0.39, 0.29) is 16.5 Å². The molecule has 0 aliphatic carbocycles. The summed E-state index contributed by atoms with van der Waals surface area (Å²) in [6, 6.07) is 2.43. The lowest BCUT2D eigenvalue weighted by Crippen LogP contribution is -2.22. The predicted molar refractivity (Wildman–Crippen MR) is 70.9 cm³/mol. The Morgan fingerprint density at radius 3 is 2.89 bits per heavy atom. The van der Waals surface area contributed by atoms with Gasteiger partial charge in [-0.1, -0.05) is 11.6 Å². The number of carbonyl (C=O) groups is 1. The van der Waals surface area contributed by atoms with Gasteiger partial charge >= 0.3 is 5.69 Å². The molecule has 0 atom stereocenters. The van der Waals surface area contributed by atoms with E-state index < -0.39 is 16.4 Å². The molecule has 0 fully saturated rings. The lowest BCUT2D eigenvalue weighted by atomic mass is 10.2. The van der Waals surface area contributed by atoms with Gasteiger partial charge in [0.15, 0.2) is 0 Å². The zero-order valence-corrected chi connectivity index (χ0v) is 10.8. The van der Waals surface area contributed by atoms with Crippen LogP contribution in [-0.2, 0) is 4.79 Å². The molecule has 102 valence electrons. The normalized spacial score (nSPS) is 10.6. The zero-order valence-electron chi connectivity index (χ0n) is 10.1. The van der Waals surface area contributed by atoms with E-state index in [0.29, 0.717) is 13.1 Å².